The van der Waals surface area contributed by atoms with E-state index in [1.165, 1.54) is 6.07 Å². The van der Waals surface area contributed by atoms with Crippen LogP contribution in [0.4, 0.5) is 11.4 Å². The molecule has 102 valence electrons. The van der Waals surface area contributed by atoms with E-state index in [0.29, 0.717) is 31.7 Å². The van der Waals surface area contributed by atoms with E-state index in [1.807, 2.05) is 0 Å². The minimum atomic E-state index is -0.407. The fraction of sp³-hybridized carbons (Fsp3) is 0.462. The van der Waals surface area contributed by atoms with Crippen LogP contribution in [-0.2, 0) is 11.2 Å². The van der Waals surface area contributed by atoms with Crippen molar-refractivity contribution in [3.05, 3.63) is 33.9 Å². The lowest BCUT2D eigenvalue weighted by Crippen LogP contribution is -2.31. The second kappa shape index (κ2) is 6.02. The van der Waals surface area contributed by atoms with Gasteiger partial charge in [0.1, 0.15) is 0 Å². The summed E-state index contributed by atoms with van der Waals surface area (Å²) in [5, 5.41) is 10.8. The van der Waals surface area contributed by atoms with Crippen molar-refractivity contribution < 1.29 is 9.72 Å². The molecule has 0 bridgehead atoms. The first-order valence-electron chi connectivity index (χ1n) is 6.27. The average Bonchev–Trinajstić information content (AvgIpc) is 2.54. The smallest absolute Gasteiger partial charge is 0.269 e. The number of nitro groups is 1. The highest BCUT2D eigenvalue weighted by molar-refractivity contribution is 6.17. The van der Waals surface area contributed by atoms with Crippen LogP contribution in [-0.4, -0.2) is 23.3 Å². The largest absolute Gasteiger partial charge is 0.312 e. The molecule has 1 aliphatic rings. The van der Waals surface area contributed by atoms with Crippen molar-refractivity contribution >= 4 is 28.9 Å². The number of rotatable bonds is 4. The maximum Gasteiger partial charge on any atom is 0.269 e. The molecule has 0 aliphatic carbocycles. The van der Waals surface area contributed by atoms with Crippen LogP contribution < -0.4 is 4.90 Å². The first kappa shape index (κ1) is 13.8. The number of nitro benzene ring substituents is 1. The number of anilines is 1. The van der Waals surface area contributed by atoms with Gasteiger partial charge in [0.2, 0.25) is 5.91 Å². The van der Waals surface area contributed by atoms with E-state index in [2.05, 4.69) is 0 Å². The Labute approximate surface area is 116 Å². The molecule has 0 unspecified atom stereocenters. The molecule has 0 saturated carbocycles. The highest BCUT2D eigenvalue weighted by Gasteiger charge is 2.23. The van der Waals surface area contributed by atoms with Gasteiger partial charge in [-0.1, -0.05) is 0 Å². The summed E-state index contributed by atoms with van der Waals surface area (Å²) in [4.78, 5) is 24.1. The number of benzene rings is 1. The molecule has 1 amide bonds. The molecular formula is C13H15ClN2O3. The zero-order chi connectivity index (χ0) is 13.8. The average molecular weight is 283 g/mol. The van der Waals surface area contributed by atoms with Crippen LogP contribution in [0.2, 0.25) is 0 Å². The third-order valence-electron chi connectivity index (χ3n) is 3.22. The number of hydrogen-bond donors (Lipinski definition) is 0. The lowest BCUT2D eigenvalue weighted by Gasteiger charge is -2.22. The number of nitrogens with zero attached hydrogens (tertiary/aromatic N) is 2. The molecule has 0 radical (unpaired) electrons. The van der Waals surface area contributed by atoms with Crippen molar-refractivity contribution in [2.45, 2.75) is 25.7 Å². The molecule has 6 heteroatoms. The Hall–Kier alpha value is -1.62. The van der Waals surface area contributed by atoms with Gasteiger partial charge in [-0.3, -0.25) is 14.9 Å². The summed E-state index contributed by atoms with van der Waals surface area (Å²) in [6, 6.07) is 4.69. The fourth-order valence-corrected chi connectivity index (χ4v) is 2.43. The van der Waals surface area contributed by atoms with Crippen LogP contribution in [0, 0.1) is 10.1 Å². The molecule has 0 aromatic heterocycles. The minimum absolute atomic E-state index is 0.0673. The molecule has 0 fully saturated rings. The molecule has 1 aromatic rings. The third kappa shape index (κ3) is 3.04. The number of fused-ring (bicyclic) bond motifs is 1. The van der Waals surface area contributed by atoms with Gasteiger partial charge in [-0.15, -0.1) is 11.6 Å². The lowest BCUT2D eigenvalue weighted by molar-refractivity contribution is -0.384. The molecule has 0 saturated heterocycles. The highest BCUT2D eigenvalue weighted by atomic mass is 35.5. The van der Waals surface area contributed by atoms with Gasteiger partial charge in [0.15, 0.2) is 0 Å². The Balaban J connectivity index is 2.37. The van der Waals surface area contributed by atoms with Crippen molar-refractivity contribution in [1.82, 2.24) is 0 Å². The van der Waals surface area contributed by atoms with Crippen LogP contribution in [0.25, 0.3) is 0 Å². The van der Waals surface area contributed by atoms with Gasteiger partial charge < -0.3 is 4.90 Å². The fourth-order valence-electron chi connectivity index (χ4n) is 2.31. The third-order valence-corrected chi connectivity index (χ3v) is 3.49. The van der Waals surface area contributed by atoms with Crippen molar-refractivity contribution in [2.24, 2.45) is 0 Å². The minimum Gasteiger partial charge on any atom is -0.312 e. The molecule has 1 heterocycles. The van der Waals surface area contributed by atoms with Gasteiger partial charge in [-0.25, -0.2) is 0 Å². The Bertz CT molecular complexity index is 505. The van der Waals surface area contributed by atoms with E-state index >= 15 is 0 Å². The summed E-state index contributed by atoms with van der Waals surface area (Å²) in [7, 11) is 0. The Morgan fingerprint density at radius 3 is 2.84 bits per heavy atom. The number of amides is 1. The van der Waals surface area contributed by atoms with Crippen molar-refractivity contribution in [2.75, 3.05) is 17.3 Å². The predicted octanol–water partition coefficient (Wildman–Crippen LogP) is 2.89. The lowest BCUT2D eigenvalue weighted by atomic mass is 10.1. The quantitative estimate of drug-likeness (QED) is 0.484. The number of carbonyl (C=O) groups excluding carboxylic acids is 1. The maximum atomic E-state index is 12.1. The van der Waals surface area contributed by atoms with Gasteiger partial charge in [0.25, 0.3) is 5.69 Å². The standard InChI is InChI=1S/C13H15ClN2O3/c14-7-2-8-15-12-6-5-11(16(18)19)9-10(12)3-1-4-13(15)17/h5-6,9H,1-4,7-8H2. The van der Waals surface area contributed by atoms with Gasteiger partial charge in [0, 0.05) is 36.7 Å². The predicted molar refractivity (Wildman–Crippen MR) is 73.7 cm³/mol. The molecule has 0 spiro atoms. The number of halogens is 1. The first-order valence-corrected chi connectivity index (χ1v) is 6.80. The van der Waals surface area contributed by atoms with E-state index in [0.717, 1.165) is 17.7 Å². The molecule has 0 atom stereocenters. The molecular weight excluding hydrogens is 268 g/mol. The number of aryl methyl sites for hydroxylation is 1. The van der Waals surface area contributed by atoms with Crippen molar-refractivity contribution in [1.29, 1.82) is 0 Å². The zero-order valence-electron chi connectivity index (χ0n) is 10.5. The van der Waals surface area contributed by atoms with Gasteiger partial charge in [-0.2, -0.15) is 0 Å². The molecule has 1 aliphatic heterocycles. The molecule has 19 heavy (non-hydrogen) atoms. The zero-order valence-corrected chi connectivity index (χ0v) is 11.2. The molecule has 0 N–H and O–H groups in total. The van der Waals surface area contributed by atoms with Crippen LogP contribution in [0.3, 0.4) is 0 Å². The molecule has 5 nitrogen and oxygen atoms in total. The van der Waals surface area contributed by atoms with Gasteiger partial charge in [-0.05, 0) is 30.9 Å². The van der Waals surface area contributed by atoms with E-state index in [4.69, 9.17) is 11.6 Å². The van der Waals surface area contributed by atoms with E-state index in [9.17, 15) is 14.9 Å². The Kier molecular flexibility index (Phi) is 4.37. The summed E-state index contributed by atoms with van der Waals surface area (Å²) in [5.74, 6) is 0.559. The summed E-state index contributed by atoms with van der Waals surface area (Å²) in [5.41, 5.74) is 1.73. The second-order valence-corrected chi connectivity index (χ2v) is 4.89. The van der Waals surface area contributed by atoms with E-state index in [1.54, 1.807) is 17.0 Å². The van der Waals surface area contributed by atoms with Crippen molar-refractivity contribution in [3.8, 4) is 0 Å². The summed E-state index contributed by atoms with van der Waals surface area (Å²) < 4.78 is 0. The van der Waals surface area contributed by atoms with Crippen molar-refractivity contribution in [3.63, 3.8) is 0 Å². The molecule has 2 rings (SSSR count). The Morgan fingerprint density at radius 1 is 1.37 bits per heavy atom. The SMILES string of the molecule is O=C1CCCc2cc([N+](=O)[O-])ccc2N1CCCCl. The van der Waals surface area contributed by atoms with Gasteiger partial charge >= 0.3 is 0 Å². The highest BCUT2D eigenvalue weighted by Crippen LogP contribution is 2.30. The maximum absolute atomic E-state index is 12.1. The van der Waals surface area contributed by atoms with E-state index in [-0.39, 0.29) is 11.6 Å². The summed E-state index contributed by atoms with van der Waals surface area (Å²) >= 11 is 5.68. The van der Waals surface area contributed by atoms with Crippen LogP contribution in [0.15, 0.2) is 18.2 Å². The monoisotopic (exact) mass is 282 g/mol. The molecule has 1 aromatic carbocycles. The Morgan fingerprint density at radius 2 is 2.16 bits per heavy atom. The topological polar surface area (TPSA) is 63.4 Å². The van der Waals surface area contributed by atoms with E-state index < -0.39 is 4.92 Å². The number of alkyl halides is 1. The second-order valence-electron chi connectivity index (χ2n) is 4.51. The number of carbonyl (C=O) groups is 1. The normalized spacial score (nSPS) is 15.0. The van der Waals surface area contributed by atoms with Crippen LogP contribution >= 0.6 is 11.6 Å². The van der Waals surface area contributed by atoms with Gasteiger partial charge in [0.05, 0.1) is 4.92 Å². The summed E-state index contributed by atoms with van der Waals surface area (Å²) in [6.07, 6.45) is 2.61. The number of non-ortho nitro benzene ring substituents is 1. The van der Waals surface area contributed by atoms with Crippen LogP contribution in [0.5, 0.6) is 0 Å². The summed E-state index contributed by atoms with van der Waals surface area (Å²) in [6.45, 7) is 0.563. The van der Waals surface area contributed by atoms with Crippen LogP contribution in [0.1, 0.15) is 24.8 Å². The first-order chi connectivity index (χ1) is 9.13. The number of hydrogen-bond acceptors (Lipinski definition) is 3.